The van der Waals surface area contributed by atoms with Gasteiger partial charge in [-0.05, 0) is 42.0 Å². The molecule has 2 heterocycles. The molecule has 0 bridgehead atoms. The Morgan fingerprint density at radius 2 is 1.55 bits per heavy atom. The van der Waals surface area contributed by atoms with Gasteiger partial charge in [0.25, 0.3) is 0 Å². The van der Waals surface area contributed by atoms with E-state index < -0.39 is 0 Å². The van der Waals surface area contributed by atoms with Gasteiger partial charge in [0.2, 0.25) is 5.91 Å². The van der Waals surface area contributed by atoms with Crippen LogP contribution in [0, 0.1) is 0 Å². The fourth-order valence-corrected chi connectivity index (χ4v) is 4.66. The maximum atomic E-state index is 13.1. The van der Waals surface area contributed by atoms with Crippen LogP contribution in [0.15, 0.2) is 91.1 Å². The Bertz CT molecular complexity index is 1390. The van der Waals surface area contributed by atoms with Gasteiger partial charge in [-0.2, -0.15) is 5.10 Å². The fourth-order valence-electron chi connectivity index (χ4n) is 4.66. The lowest BCUT2D eigenvalue weighted by atomic mass is 10.1. The number of methoxy groups -OCH3 is 2. The monoisotopic (exact) mass is 508 g/mol. The first kappa shape index (κ1) is 25.3. The molecule has 0 unspecified atom stereocenters. The van der Waals surface area contributed by atoms with E-state index in [1.165, 1.54) is 5.56 Å². The van der Waals surface area contributed by atoms with Crippen molar-refractivity contribution in [3.63, 3.8) is 0 Å². The molecule has 7 heteroatoms. The highest BCUT2D eigenvalue weighted by Gasteiger charge is 2.20. The first-order chi connectivity index (χ1) is 18.6. The number of hydrogen-bond acceptors (Lipinski definition) is 5. The van der Waals surface area contributed by atoms with Crippen LogP contribution in [0.1, 0.15) is 11.1 Å². The summed E-state index contributed by atoms with van der Waals surface area (Å²) in [6.45, 7) is 4.05. The molecule has 0 radical (unpaired) electrons. The molecule has 1 aliphatic rings. The van der Waals surface area contributed by atoms with Crippen LogP contribution in [0.5, 0.6) is 11.5 Å². The van der Waals surface area contributed by atoms with Crippen molar-refractivity contribution in [3.05, 3.63) is 102 Å². The standard InChI is InChI=1S/C31H32N4O3/c1-37-28-15-13-25(21-29(28)38-2)31-26(23-35(32-31)27-11-7-4-8-12-27)14-16-30(36)34-19-17-33(18-20-34)22-24-9-5-3-6-10-24/h3-16,21,23H,17-20,22H2,1-2H3. The molecular formula is C31H32N4O3. The third kappa shape index (κ3) is 5.79. The van der Waals surface area contributed by atoms with Crippen LogP contribution in [0.2, 0.25) is 0 Å². The SMILES string of the molecule is COc1ccc(-c2nn(-c3ccccc3)cc2C=CC(=O)N2CCN(Cc3ccccc3)CC2)cc1OC. The van der Waals surface area contributed by atoms with Crippen molar-refractivity contribution in [1.82, 2.24) is 19.6 Å². The molecule has 1 aliphatic heterocycles. The van der Waals surface area contributed by atoms with Crippen LogP contribution < -0.4 is 9.47 Å². The van der Waals surface area contributed by atoms with Gasteiger partial charge >= 0.3 is 0 Å². The number of amides is 1. The minimum absolute atomic E-state index is 0.00934. The van der Waals surface area contributed by atoms with Crippen LogP contribution >= 0.6 is 0 Å². The van der Waals surface area contributed by atoms with Crippen molar-refractivity contribution in [2.45, 2.75) is 6.54 Å². The zero-order valence-corrected chi connectivity index (χ0v) is 21.8. The molecule has 7 nitrogen and oxygen atoms in total. The van der Waals surface area contributed by atoms with Gasteiger partial charge in [0.15, 0.2) is 11.5 Å². The predicted molar refractivity (Wildman–Crippen MR) is 149 cm³/mol. The van der Waals surface area contributed by atoms with Crippen LogP contribution in [-0.4, -0.2) is 65.9 Å². The summed E-state index contributed by atoms with van der Waals surface area (Å²) in [5, 5.41) is 4.86. The highest BCUT2D eigenvalue weighted by Crippen LogP contribution is 2.33. The van der Waals surface area contributed by atoms with Gasteiger partial charge in [-0.25, -0.2) is 4.68 Å². The number of rotatable bonds is 8. The van der Waals surface area contributed by atoms with E-state index in [-0.39, 0.29) is 5.91 Å². The summed E-state index contributed by atoms with van der Waals surface area (Å²) in [4.78, 5) is 17.4. The highest BCUT2D eigenvalue weighted by molar-refractivity contribution is 5.93. The number of ether oxygens (including phenoxy) is 2. The lowest BCUT2D eigenvalue weighted by Gasteiger charge is -2.34. The summed E-state index contributed by atoms with van der Waals surface area (Å²) in [6, 6.07) is 26.1. The highest BCUT2D eigenvalue weighted by atomic mass is 16.5. The molecule has 0 N–H and O–H groups in total. The van der Waals surface area contributed by atoms with Crippen LogP contribution in [0.3, 0.4) is 0 Å². The zero-order valence-electron chi connectivity index (χ0n) is 21.8. The van der Waals surface area contributed by atoms with E-state index in [9.17, 15) is 4.79 Å². The summed E-state index contributed by atoms with van der Waals surface area (Å²) >= 11 is 0. The summed E-state index contributed by atoms with van der Waals surface area (Å²) in [5.74, 6) is 1.28. The molecule has 1 aromatic heterocycles. The van der Waals surface area contributed by atoms with Crippen molar-refractivity contribution in [2.24, 2.45) is 0 Å². The molecule has 38 heavy (non-hydrogen) atoms. The molecule has 0 atom stereocenters. The quantitative estimate of drug-likeness (QED) is 0.317. The van der Waals surface area contributed by atoms with Crippen LogP contribution in [-0.2, 0) is 11.3 Å². The Morgan fingerprint density at radius 1 is 0.868 bits per heavy atom. The maximum absolute atomic E-state index is 13.1. The Morgan fingerprint density at radius 3 is 2.24 bits per heavy atom. The summed E-state index contributed by atoms with van der Waals surface area (Å²) < 4.78 is 12.7. The maximum Gasteiger partial charge on any atom is 0.246 e. The Kier molecular flexibility index (Phi) is 7.85. The van der Waals surface area contributed by atoms with Gasteiger partial charge in [0.05, 0.1) is 19.9 Å². The zero-order chi connectivity index (χ0) is 26.3. The molecule has 5 rings (SSSR count). The molecule has 0 aliphatic carbocycles. The second-order valence-corrected chi connectivity index (χ2v) is 9.20. The second-order valence-electron chi connectivity index (χ2n) is 9.20. The van der Waals surface area contributed by atoms with Gasteiger partial charge in [-0.3, -0.25) is 9.69 Å². The third-order valence-corrected chi connectivity index (χ3v) is 6.76. The number of nitrogens with zero attached hydrogens (tertiary/aromatic N) is 4. The number of benzene rings is 3. The van der Waals surface area contributed by atoms with E-state index >= 15 is 0 Å². The van der Waals surface area contributed by atoms with Crippen LogP contribution in [0.25, 0.3) is 23.0 Å². The Labute approximate surface area is 223 Å². The smallest absolute Gasteiger partial charge is 0.246 e. The largest absolute Gasteiger partial charge is 0.493 e. The normalized spacial score (nSPS) is 14.1. The van der Waals surface area contributed by atoms with E-state index in [0.29, 0.717) is 24.6 Å². The Balaban J connectivity index is 1.34. The second kappa shape index (κ2) is 11.8. The average molecular weight is 509 g/mol. The summed E-state index contributed by atoms with van der Waals surface area (Å²) in [5.41, 5.74) is 4.71. The van der Waals surface area contributed by atoms with Gasteiger partial charge < -0.3 is 14.4 Å². The van der Waals surface area contributed by atoms with E-state index in [4.69, 9.17) is 14.6 Å². The predicted octanol–water partition coefficient (Wildman–Crippen LogP) is 4.91. The Hall–Kier alpha value is -4.36. The van der Waals surface area contributed by atoms with Crippen LogP contribution in [0.4, 0.5) is 0 Å². The molecule has 1 saturated heterocycles. The molecule has 3 aromatic carbocycles. The first-order valence-corrected chi connectivity index (χ1v) is 12.8. The van der Waals surface area contributed by atoms with Gasteiger partial charge in [0, 0.05) is 56.1 Å². The van der Waals surface area contributed by atoms with E-state index in [1.54, 1.807) is 20.3 Å². The van der Waals surface area contributed by atoms with E-state index in [0.717, 1.165) is 42.1 Å². The van der Waals surface area contributed by atoms with Crippen molar-refractivity contribution in [3.8, 4) is 28.4 Å². The number of carbonyl (C=O) groups is 1. The van der Waals surface area contributed by atoms with Crippen molar-refractivity contribution in [1.29, 1.82) is 0 Å². The summed E-state index contributed by atoms with van der Waals surface area (Å²) in [7, 11) is 3.23. The topological polar surface area (TPSA) is 59.8 Å². The minimum Gasteiger partial charge on any atom is -0.493 e. The van der Waals surface area contributed by atoms with E-state index in [2.05, 4.69) is 29.2 Å². The lowest BCUT2D eigenvalue weighted by molar-refractivity contribution is -0.127. The fraction of sp³-hybridized carbons (Fsp3) is 0.226. The molecule has 0 saturated carbocycles. The average Bonchev–Trinajstić information content (AvgIpc) is 3.41. The molecule has 194 valence electrons. The number of hydrogen-bond donors (Lipinski definition) is 0. The minimum atomic E-state index is 0.00934. The molecule has 4 aromatic rings. The molecule has 1 amide bonds. The third-order valence-electron chi connectivity index (χ3n) is 6.76. The van der Waals surface area contributed by atoms with Crippen molar-refractivity contribution >= 4 is 12.0 Å². The molecule has 0 spiro atoms. The summed E-state index contributed by atoms with van der Waals surface area (Å²) in [6.07, 6.45) is 5.46. The van der Waals surface area contributed by atoms with Gasteiger partial charge in [0.1, 0.15) is 5.69 Å². The van der Waals surface area contributed by atoms with Gasteiger partial charge in [-0.15, -0.1) is 0 Å². The number of piperazine rings is 1. The lowest BCUT2D eigenvalue weighted by Crippen LogP contribution is -2.47. The van der Waals surface area contributed by atoms with E-state index in [1.807, 2.05) is 76.5 Å². The molecular weight excluding hydrogens is 476 g/mol. The molecule has 1 fully saturated rings. The number of carbonyl (C=O) groups excluding carboxylic acids is 1. The van der Waals surface area contributed by atoms with Crippen molar-refractivity contribution in [2.75, 3.05) is 40.4 Å². The van der Waals surface area contributed by atoms with Gasteiger partial charge in [-0.1, -0.05) is 48.5 Å². The number of aromatic nitrogens is 2. The van der Waals surface area contributed by atoms with Crippen molar-refractivity contribution < 1.29 is 14.3 Å². The first-order valence-electron chi connectivity index (χ1n) is 12.8. The number of para-hydroxylation sites is 1.